The molecule has 1 aromatic carbocycles. The number of carbonyl (C=O) groups is 2. The number of hydrogen-bond donors (Lipinski definition) is 1. The Morgan fingerprint density at radius 2 is 2.12 bits per heavy atom. The molecule has 1 aliphatic rings. The number of carbonyl (C=O) groups excluding carboxylic acids is 2. The van der Waals surface area contributed by atoms with Gasteiger partial charge < -0.3 is 14.8 Å². The lowest BCUT2D eigenvalue weighted by Crippen LogP contribution is -2.19. The van der Waals surface area contributed by atoms with Crippen LogP contribution in [0.15, 0.2) is 30.3 Å². The topological polar surface area (TPSA) is 77.5 Å². The van der Waals surface area contributed by atoms with Crippen molar-refractivity contribution in [3.05, 3.63) is 46.5 Å². The molecule has 2 unspecified atom stereocenters. The lowest BCUT2D eigenvalue weighted by molar-refractivity contribution is -0.117. The van der Waals surface area contributed by atoms with Gasteiger partial charge in [0.15, 0.2) is 5.13 Å². The number of anilines is 1. The van der Waals surface area contributed by atoms with Gasteiger partial charge in [-0.25, -0.2) is 9.78 Å². The molecule has 2 atom stereocenters. The number of thiazole rings is 1. The number of nitrogens with one attached hydrogen (secondary N) is 1. The number of ether oxygens (including phenoxy) is 2. The van der Waals surface area contributed by atoms with Crippen LogP contribution >= 0.6 is 11.3 Å². The quantitative estimate of drug-likeness (QED) is 0.783. The summed E-state index contributed by atoms with van der Waals surface area (Å²) in [6.45, 7) is 3.87. The number of hydrogen-bond acceptors (Lipinski definition) is 6. The van der Waals surface area contributed by atoms with Crippen molar-refractivity contribution in [2.45, 2.75) is 45.1 Å². The Morgan fingerprint density at radius 1 is 1.35 bits per heavy atom. The molecule has 3 rings (SSSR count). The van der Waals surface area contributed by atoms with Gasteiger partial charge in [-0.15, -0.1) is 11.3 Å². The molecule has 1 N–H and O–H groups in total. The van der Waals surface area contributed by atoms with Crippen molar-refractivity contribution in [2.75, 3.05) is 11.9 Å². The van der Waals surface area contributed by atoms with Gasteiger partial charge in [-0.3, -0.25) is 4.79 Å². The number of aryl methyl sites for hydroxylation is 1. The number of rotatable bonds is 5. The molecule has 0 bridgehead atoms. The summed E-state index contributed by atoms with van der Waals surface area (Å²) in [4.78, 5) is 29.7. The zero-order valence-electron chi connectivity index (χ0n) is 14.9. The van der Waals surface area contributed by atoms with Crippen LogP contribution < -0.4 is 5.32 Å². The molecule has 0 saturated heterocycles. The zero-order valence-corrected chi connectivity index (χ0v) is 15.7. The molecule has 6 nitrogen and oxygen atoms in total. The standard InChI is InChI=1S/C19H22N2O4S/c1-3-24-19(23)25-14-10-7-11-15-16(14)20-18(26-15)21-17(22)12(2)13-8-5-4-6-9-13/h4-6,8-9,12,14H,3,7,10-11H2,1-2H3,(H,20,21,22). The highest BCUT2D eigenvalue weighted by Crippen LogP contribution is 2.37. The first kappa shape index (κ1) is 18.4. The van der Waals surface area contributed by atoms with E-state index in [0.717, 1.165) is 29.0 Å². The van der Waals surface area contributed by atoms with Crippen molar-refractivity contribution in [1.29, 1.82) is 0 Å². The third kappa shape index (κ3) is 4.22. The molecule has 0 radical (unpaired) electrons. The molecule has 1 aliphatic carbocycles. The van der Waals surface area contributed by atoms with Gasteiger partial charge in [0.25, 0.3) is 0 Å². The summed E-state index contributed by atoms with van der Waals surface area (Å²) in [5.41, 5.74) is 1.69. The van der Waals surface area contributed by atoms with Crippen molar-refractivity contribution in [3.8, 4) is 0 Å². The van der Waals surface area contributed by atoms with Gasteiger partial charge in [-0.05, 0) is 38.7 Å². The third-order valence-electron chi connectivity index (χ3n) is 4.33. The molecule has 26 heavy (non-hydrogen) atoms. The van der Waals surface area contributed by atoms with E-state index in [1.54, 1.807) is 6.92 Å². The first-order valence-corrected chi connectivity index (χ1v) is 9.59. The highest BCUT2D eigenvalue weighted by molar-refractivity contribution is 7.15. The van der Waals surface area contributed by atoms with E-state index in [4.69, 9.17) is 9.47 Å². The summed E-state index contributed by atoms with van der Waals surface area (Å²) in [5.74, 6) is -0.381. The van der Waals surface area contributed by atoms with Crippen molar-refractivity contribution >= 4 is 28.5 Å². The molecule has 7 heteroatoms. The van der Waals surface area contributed by atoms with Crippen molar-refractivity contribution in [2.24, 2.45) is 0 Å². The summed E-state index contributed by atoms with van der Waals surface area (Å²) < 4.78 is 10.2. The molecular formula is C19H22N2O4S. The van der Waals surface area contributed by atoms with Gasteiger partial charge >= 0.3 is 6.16 Å². The molecule has 1 amide bonds. The van der Waals surface area contributed by atoms with E-state index >= 15 is 0 Å². The van der Waals surface area contributed by atoms with Crippen LogP contribution in [0, 0.1) is 0 Å². The van der Waals surface area contributed by atoms with E-state index in [2.05, 4.69) is 10.3 Å². The normalized spacial score (nSPS) is 17.1. The van der Waals surface area contributed by atoms with Gasteiger partial charge in [0.2, 0.25) is 5.91 Å². The monoisotopic (exact) mass is 374 g/mol. The van der Waals surface area contributed by atoms with Gasteiger partial charge in [0.05, 0.1) is 18.2 Å². The Bertz CT molecular complexity index is 775. The van der Waals surface area contributed by atoms with Gasteiger partial charge in [0.1, 0.15) is 6.10 Å². The lowest BCUT2D eigenvalue weighted by atomic mass is 10.00. The third-order valence-corrected chi connectivity index (χ3v) is 5.37. The number of nitrogens with zero attached hydrogens (tertiary/aromatic N) is 1. The summed E-state index contributed by atoms with van der Waals surface area (Å²) >= 11 is 1.45. The van der Waals surface area contributed by atoms with E-state index in [9.17, 15) is 9.59 Å². The van der Waals surface area contributed by atoms with Crippen LogP contribution in [0.25, 0.3) is 0 Å². The highest BCUT2D eigenvalue weighted by Gasteiger charge is 2.29. The molecule has 0 saturated carbocycles. The van der Waals surface area contributed by atoms with Crippen LogP contribution in [0.2, 0.25) is 0 Å². The summed E-state index contributed by atoms with van der Waals surface area (Å²) in [6, 6.07) is 9.62. The fraction of sp³-hybridized carbons (Fsp3) is 0.421. The van der Waals surface area contributed by atoms with Crippen LogP contribution in [-0.2, 0) is 20.7 Å². The second-order valence-corrected chi connectivity index (χ2v) is 7.21. The average Bonchev–Trinajstić information content (AvgIpc) is 3.05. The van der Waals surface area contributed by atoms with Crippen molar-refractivity contribution in [1.82, 2.24) is 4.98 Å². The number of aromatic nitrogens is 1. The van der Waals surface area contributed by atoms with Gasteiger partial charge in [-0.2, -0.15) is 0 Å². The van der Waals surface area contributed by atoms with E-state index in [1.807, 2.05) is 37.3 Å². The lowest BCUT2D eigenvalue weighted by Gasteiger charge is -2.20. The fourth-order valence-corrected chi connectivity index (χ4v) is 3.98. The first-order valence-electron chi connectivity index (χ1n) is 8.77. The second kappa shape index (κ2) is 8.31. The summed E-state index contributed by atoms with van der Waals surface area (Å²) in [7, 11) is 0. The Balaban J connectivity index is 1.70. The van der Waals surface area contributed by atoms with E-state index in [-0.39, 0.29) is 18.4 Å². The minimum atomic E-state index is -0.679. The maximum Gasteiger partial charge on any atom is 0.508 e. The van der Waals surface area contributed by atoms with E-state index in [1.165, 1.54) is 11.3 Å². The molecule has 2 aromatic rings. The predicted molar refractivity (Wildman–Crippen MR) is 99.4 cm³/mol. The van der Waals surface area contributed by atoms with Crippen LogP contribution in [0.3, 0.4) is 0 Å². The zero-order chi connectivity index (χ0) is 18.5. The predicted octanol–water partition coefficient (Wildman–Crippen LogP) is 4.44. The molecular weight excluding hydrogens is 352 g/mol. The molecule has 0 spiro atoms. The molecule has 0 aliphatic heterocycles. The van der Waals surface area contributed by atoms with Crippen LogP contribution in [0.4, 0.5) is 9.93 Å². The maximum atomic E-state index is 12.5. The van der Waals surface area contributed by atoms with Crippen LogP contribution in [-0.4, -0.2) is 23.7 Å². The van der Waals surface area contributed by atoms with Crippen LogP contribution in [0.1, 0.15) is 54.8 Å². The molecule has 138 valence electrons. The Kier molecular flexibility index (Phi) is 5.88. The van der Waals surface area contributed by atoms with Gasteiger partial charge in [0, 0.05) is 4.88 Å². The molecule has 0 fully saturated rings. The average molecular weight is 374 g/mol. The summed E-state index contributed by atoms with van der Waals surface area (Å²) in [6.07, 6.45) is 1.41. The van der Waals surface area contributed by atoms with E-state index in [0.29, 0.717) is 11.6 Å². The fourth-order valence-electron chi connectivity index (χ4n) is 2.92. The number of amides is 1. The molecule has 1 heterocycles. The van der Waals surface area contributed by atoms with E-state index < -0.39 is 12.3 Å². The smallest absolute Gasteiger partial charge is 0.435 e. The first-order chi connectivity index (χ1) is 12.6. The number of benzene rings is 1. The Labute approximate surface area is 156 Å². The SMILES string of the molecule is CCOC(=O)OC1CCCc2sc(NC(=O)C(C)c3ccccc3)nc21. The summed E-state index contributed by atoms with van der Waals surface area (Å²) in [5, 5.41) is 3.44. The van der Waals surface area contributed by atoms with Crippen molar-refractivity contribution < 1.29 is 19.1 Å². The van der Waals surface area contributed by atoms with Crippen LogP contribution in [0.5, 0.6) is 0 Å². The Morgan fingerprint density at radius 3 is 2.85 bits per heavy atom. The number of fused-ring (bicyclic) bond motifs is 1. The molecule has 1 aromatic heterocycles. The maximum absolute atomic E-state index is 12.5. The second-order valence-electron chi connectivity index (χ2n) is 6.13. The van der Waals surface area contributed by atoms with Crippen molar-refractivity contribution in [3.63, 3.8) is 0 Å². The minimum Gasteiger partial charge on any atom is -0.435 e. The van der Waals surface area contributed by atoms with Gasteiger partial charge in [-0.1, -0.05) is 30.3 Å². The highest BCUT2D eigenvalue weighted by atomic mass is 32.1. The Hall–Kier alpha value is -2.41. The minimum absolute atomic E-state index is 0.106. The largest absolute Gasteiger partial charge is 0.508 e.